The average Bonchev–Trinajstić information content (AvgIpc) is 1.62. The van der Waals surface area contributed by atoms with Gasteiger partial charge in [0, 0.05) is 57.0 Å². The van der Waals surface area contributed by atoms with Gasteiger partial charge in [0.25, 0.3) is 0 Å². The zero-order valence-electron chi connectivity index (χ0n) is 86.0. The van der Waals surface area contributed by atoms with Gasteiger partial charge in [-0.3, -0.25) is 28.8 Å². The molecule has 0 unspecified atom stereocenters. The number of ether oxygens (including phenoxy) is 8. The van der Waals surface area contributed by atoms with E-state index in [0.717, 1.165) is 46.2 Å². The maximum atomic E-state index is 13.6. The van der Waals surface area contributed by atoms with Gasteiger partial charge < -0.3 is 106 Å². The van der Waals surface area contributed by atoms with Crippen molar-refractivity contribution in [2.75, 3.05) is 80.4 Å². The summed E-state index contributed by atoms with van der Waals surface area (Å²) < 4.78 is 41.7. The Hall–Kier alpha value is -13.2. The van der Waals surface area contributed by atoms with Crippen molar-refractivity contribution in [3.8, 4) is 33.4 Å². The van der Waals surface area contributed by atoms with E-state index in [1.165, 1.54) is 69.4 Å². The molecule has 6 aliphatic rings. The van der Waals surface area contributed by atoms with Crippen molar-refractivity contribution in [2.24, 2.45) is 29.2 Å². The van der Waals surface area contributed by atoms with Crippen molar-refractivity contribution in [3.05, 3.63) is 179 Å². The van der Waals surface area contributed by atoms with E-state index in [1.807, 2.05) is 114 Å². The third-order valence-electron chi connectivity index (χ3n) is 25.7. The van der Waals surface area contributed by atoms with Gasteiger partial charge in [-0.15, -0.1) is 0 Å². The zero-order chi connectivity index (χ0) is 105. The van der Waals surface area contributed by atoms with Crippen LogP contribution in [0.1, 0.15) is 250 Å². The molecule has 0 aromatic heterocycles. The number of carbonyl (C=O) groups excluding carboxylic acids is 13. The SMILES string of the molecule is CC(C)C[C@H](NC(=O)OC(C)(C)C)C(=O)N1CCC[C@H]1C(=O)O.COC(=O)[C@@H](N)CCCCNC(=O)OCC1c2ccccc2-c2ccccc21.COC(=O)[C@H](CCCCNC(=O)OCC1c2ccccc2-c2ccccc21)NC(=O)[C@@H]1CCCN1C(=O)[C@@H](N)CC(C)C.COC(=O)[C@H](CCCCNC(=O)OCC1c2ccccc2-c2ccccc21)NC(=O)[C@@H]1CCCN1C(=O)[C@H](CC(C)C)NC(=O)OC(C)(C)C. The number of methoxy groups -OCH3 is 3. The number of nitrogens with zero attached hydrogens (tertiary/aromatic N) is 3. The van der Waals surface area contributed by atoms with Gasteiger partial charge in [0.1, 0.15) is 79.4 Å². The normalized spacial score (nSPS) is 16.6. The number of aliphatic carboxylic acids is 1. The molecular weight excluding hydrogens is 1850 g/mol. The smallest absolute Gasteiger partial charge is 0.408 e. The Kier molecular flexibility index (Phi) is 44.2. The summed E-state index contributed by atoms with van der Waals surface area (Å²) in [7, 11) is 3.85. The lowest BCUT2D eigenvalue weighted by Crippen LogP contribution is -2.56. The number of rotatable bonds is 40. The molecule has 10 amide bonds. The Morgan fingerprint density at radius 1 is 0.347 bits per heavy atom. The van der Waals surface area contributed by atoms with Crippen LogP contribution in [-0.4, -0.2) is 250 Å². The first-order valence-electron chi connectivity index (χ1n) is 50.4. The van der Waals surface area contributed by atoms with Crippen LogP contribution in [0.5, 0.6) is 0 Å². The van der Waals surface area contributed by atoms with Gasteiger partial charge in [-0.2, -0.15) is 0 Å². The minimum atomic E-state index is -1.00. The Labute approximate surface area is 845 Å². The first-order valence-corrected chi connectivity index (χ1v) is 50.4. The molecule has 3 saturated heterocycles. The molecule has 144 heavy (non-hydrogen) atoms. The second-order valence-corrected chi connectivity index (χ2v) is 40.3. The summed E-state index contributed by atoms with van der Waals surface area (Å²) in [6, 6.07) is 42.1. The minimum Gasteiger partial charge on any atom is -0.480 e. The Bertz CT molecular complexity index is 5210. The van der Waals surface area contributed by atoms with Gasteiger partial charge >= 0.3 is 54.3 Å². The highest BCUT2D eigenvalue weighted by Gasteiger charge is 2.44. The lowest BCUT2D eigenvalue weighted by Gasteiger charge is -2.31. The van der Waals surface area contributed by atoms with Crippen LogP contribution in [0.3, 0.4) is 0 Å². The van der Waals surface area contributed by atoms with E-state index in [4.69, 9.17) is 44.6 Å². The van der Waals surface area contributed by atoms with Gasteiger partial charge in [0.2, 0.25) is 29.5 Å². The van der Waals surface area contributed by atoms with Crippen LogP contribution >= 0.6 is 0 Å². The number of carbonyl (C=O) groups is 14. The number of hydrogen-bond donors (Lipinski definition) is 10. The summed E-state index contributed by atoms with van der Waals surface area (Å²) >= 11 is 0. The highest BCUT2D eigenvalue weighted by Crippen LogP contribution is 2.48. The van der Waals surface area contributed by atoms with Crippen molar-refractivity contribution in [3.63, 3.8) is 0 Å². The molecule has 0 radical (unpaired) electrons. The first kappa shape index (κ1) is 114. The van der Waals surface area contributed by atoms with Crippen molar-refractivity contribution >= 4 is 83.9 Å². The molecule has 3 aliphatic heterocycles. The molecule has 6 aromatic carbocycles. The molecular formula is C109H150N12O23. The van der Waals surface area contributed by atoms with Crippen LogP contribution in [0.4, 0.5) is 24.0 Å². The van der Waals surface area contributed by atoms with E-state index in [2.05, 4.69) is 115 Å². The van der Waals surface area contributed by atoms with Crippen LogP contribution < -0.4 is 48.7 Å². The monoisotopic (exact) mass is 2000 g/mol. The molecule has 0 bridgehead atoms. The number of carboxylic acid groups (broad SMARTS) is 1. The number of amides is 10. The fourth-order valence-electron chi connectivity index (χ4n) is 18.9. The third-order valence-corrected chi connectivity index (χ3v) is 25.7. The molecule has 0 spiro atoms. The third kappa shape index (κ3) is 33.7. The van der Waals surface area contributed by atoms with Gasteiger partial charge in [-0.25, -0.2) is 38.4 Å². The molecule has 3 aliphatic carbocycles. The van der Waals surface area contributed by atoms with E-state index in [0.29, 0.717) is 142 Å². The van der Waals surface area contributed by atoms with E-state index in [1.54, 1.807) is 41.5 Å². The Morgan fingerprint density at radius 3 is 0.910 bits per heavy atom. The number of nitrogens with one attached hydrogen (secondary N) is 7. The number of esters is 3. The molecule has 12 rings (SSSR count). The van der Waals surface area contributed by atoms with Crippen LogP contribution in [0.25, 0.3) is 33.4 Å². The molecule has 12 N–H and O–H groups in total. The number of likely N-dealkylation sites (tertiary alicyclic amines) is 3. The number of nitrogens with two attached hydrogens (primary N) is 2. The highest BCUT2D eigenvalue weighted by molar-refractivity contribution is 5.95. The fourth-order valence-corrected chi connectivity index (χ4v) is 18.9. The molecule has 9 atom stereocenters. The number of fused-ring (bicyclic) bond motifs is 9. The highest BCUT2D eigenvalue weighted by atomic mass is 16.6. The summed E-state index contributed by atoms with van der Waals surface area (Å²) in [6.07, 6.45) is 6.63. The number of hydrogen-bond acceptors (Lipinski definition) is 24. The van der Waals surface area contributed by atoms with E-state index < -0.39 is 126 Å². The first-order chi connectivity index (χ1) is 68.6. The molecule has 3 fully saturated rings. The number of carboxylic acids is 1. The summed E-state index contributed by atoms with van der Waals surface area (Å²) in [6.45, 7) is 25.3. The average molecular weight is 2000 g/mol. The lowest BCUT2D eigenvalue weighted by molar-refractivity contribution is -0.149. The summed E-state index contributed by atoms with van der Waals surface area (Å²) in [4.78, 5) is 179. The second-order valence-electron chi connectivity index (χ2n) is 40.3. The summed E-state index contributed by atoms with van der Waals surface area (Å²) in [5.74, 6) is -3.82. The fraction of sp³-hybridized carbons (Fsp3) is 0.541. The predicted molar refractivity (Wildman–Crippen MR) is 543 cm³/mol. The van der Waals surface area contributed by atoms with Gasteiger partial charge in [0.15, 0.2) is 0 Å². The van der Waals surface area contributed by atoms with Crippen LogP contribution in [0.15, 0.2) is 146 Å². The summed E-state index contributed by atoms with van der Waals surface area (Å²) in [5, 5.41) is 28.4. The van der Waals surface area contributed by atoms with Crippen LogP contribution in [0, 0.1) is 17.8 Å². The molecule has 3 heterocycles. The van der Waals surface area contributed by atoms with Crippen LogP contribution in [0.2, 0.25) is 0 Å². The Balaban J connectivity index is 0.000000223. The minimum absolute atomic E-state index is 0.0143. The maximum absolute atomic E-state index is 13.6. The number of alkyl carbamates (subject to hydrolysis) is 5. The molecule has 784 valence electrons. The van der Waals surface area contributed by atoms with Crippen LogP contribution in [-0.2, 0) is 81.0 Å². The largest absolute Gasteiger partial charge is 0.480 e. The van der Waals surface area contributed by atoms with Gasteiger partial charge in [0.05, 0.1) is 27.4 Å². The molecule has 6 aromatic rings. The molecule has 35 nitrogen and oxygen atoms in total. The number of benzene rings is 6. The van der Waals surface area contributed by atoms with E-state index in [-0.39, 0.29) is 78.8 Å². The second kappa shape index (κ2) is 55.6. The van der Waals surface area contributed by atoms with Crippen molar-refractivity contribution in [2.45, 2.75) is 282 Å². The van der Waals surface area contributed by atoms with E-state index >= 15 is 0 Å². The maximum Gasteiger partial charge on any atom is 0.408 e. The topological polar surface area (TPSA) is 479 Å². The van der Waals surface area contributed by atoms with Gasteiger partial charge in [-0.1, -0.05) is 187 Å². The number of unbranched alkanes of at least 4 members (excludes halogenated alkanes) is 3. The zero-order valence-corrected chi connectivity index (χ0v) is 86.0. The lowest BCUT2D eigenvalue weighted by atomic mass is 9.98. The van der Waals surface area contributed by atoms with E-state index in [9.17, 15) is 72.2 Å². The molecule has 0 saturated carbocycles. The Morgan fingerprint density at radius 2 is 0.625 bits per heavy atom. The van der Waals surface area contributed by atoms with Crippen molar-refractivity contribution in [1.82, 2.24) is 51.9 Å². The van der Waals surface area contributed by atoms with Gasteiger partial charge in [-0.05, 0) is 242 Å². The van der Waals surface area contributed by atoms with Crippen molar-refractivity contribution < 1.29 is 110 Å². The molecule has 35 heteroatoms. The summed E-state index contributed by atoms with van der Waals surface area (Å²) in [5.41, 5.74) is 24.4. The standard InChI is InChI=1S/C38H52N4O8.C33H44N4O6.C22H26N2O4.C16H28N2O5/c1-24(2)22-31(41-37(47)50-38(3,4)5)34(44)42-21-13-19-32(42)33(43)40-30(35(45)48-6)18-11-12-20-39-36(46)49-23-29-27-16-9-7-14-25(27)26-15-8-10-17-28(26)29;1-21(2)19-27(34)31(39)37-18-10-16-29(37)30(38)36-28(32(40)42-3)15-8-9-17-35-33(41)43-20-26-24-13-6-4-11-22(24)23-12-5-7-14-25(23)26;1-27-21(25)20(23)12-6-7-13-24-22(26)28-14-19-17-10-4-2-8-15(17)16-9-3-5-11-18(16)19;1-10(2)9-11(17-15(22)23-16(3,4)5)13(19)18-8-6-7-12(18)14(20)21/h7-10,14-17,24,29-32H,11-13,18-23H2,1-6H3,(H,39,46)(H,40,43)(H,41,47);4-7,11-14,21,26-29H,8-10,15-20,34H2,1-3H3,(H,35,41)(H,36,38);2-5,8-11,19-20H,6-7,12-14,23H2,1H3,(H,24,26);10-12H,6-9H2,1-5H3,(H,17,22)(H,20,21)/t30-,31-,32-;27-,28-,29-;20-;11-,12-/m0000/s1. The quantitative estimate of drug-likeness (QED) is 0.00970. The predicted octanol–water partition coefficient (Wildman–Crippen LogP) is 14.2. The van der Waals surface area contributed by atoms with Crippen molar-refractivity contribution in [1.29, 1.82) is 0 Å².